The van der Waals surface area contributed by atoms with E-state index in [1.165, 1.54) is 24.3 Å². The summed E-state index contributed by atoms with van der Waals surface area (Å²) in [7, 11) is -3.58. The molecule has 6 nitrogen and oxygen atoms in total. The SMILES string of the molecule is C#CC(C(=O)O)([P+](=O)O)C(C)(O)c1c(C2CC2)nc(-c2ccccc2)c(C)c1-c1ccc(F)cc1. The maximum Gasteiger partial charge on any atom is 0.541 e. The number of nitrogens with zero attached hydrogens (tertiary/aromatic N) is 1. The Labute approximate surface area is 203 Å². The molecule has 1 saturated carbocycles. The number of aromatic nitrogens is 1. The van der Waals surface area contributed by atoms with Gasteiger partial charge in [-0.05, 0) is 66.0 Å². The van der Waals surface area contributed by atoms with Gasteiger partial charge in [-0.2, -0.15) is 4.89 Å². The number of aliphatic hydroxyl groups is 1. The molecule has 178 valence electrons. The van der Waals surface area contributed by atoms with Crippen LogP contribution in [-0.4, -0.2) is 31.2 Å². The average Bonchev–Trinajstić information content (AvgIpc) is 3.65. The average molecular weight is 492 g/mol. The van der Waals surface area contributed by atoms with Gasteiger partial charge in [-0.3, -0.25) is 4.98 Å². The van der Waals surface area contributed by atoms with Gasteiger partial charge in [-0.15, -0.1) is 6.42 Å². The number of carboxylic acids is 1. The van der Waals surface area contributed by atoms with E-state index in [0.29, 0.717) is 28.1 Å². The van der Waals surface area contributed by atoms with E-state index in [9.17, 15) is 28.9 Å². The van der Waals surface area contributed by atoms with Crippen LogP contribution in [0.25, 0.3) is 22.4 Å². The summed E-state index contributed by atoms with van der Waals surface area (Å²) in [5.41, 5.74) is 0.890. The fourth-order valence-corrected chi connectivity index (χ4v) is 5.37. The summed E-state index contributed by atoms with van der Waals surface area (Å²) in [5, 5.41) is 19.1. The summed E-state index contributed by atoms with van der Waals surface area (Å²) in [6.45, 7) is 2.91. The minimum absolute atomic E-state index is 0.0709. The van der Waals surface area contributed by atoms with Gasteiger partial charge in [0, 0.05) is 17.0 Å². The van der Waals surface area contributed by atoms with E-state index in [2.05, 4.69) is 0 Å². The molecule has 4 rings (SSSR count). The van der Waals surface area contributed by atoms with Crippen LogP contribution in [0.5, 0.6) is 0 Å². The van der Waals surface area contributed by atoms with Crippen LogP contribution in [0.1, 0.15) is 42.5 Å². The molecule has 1 aliphatic rings. The molecule has 1 aliphatic carbocycles. The third-order valence-corrected chi connectivity index (χ3v) is 7.94. The van der Waals surface area contributed by atoms with Crippen molar-refractivity contribution in [1.29, 1.82) is 0 Å². The van der Waals surface area contributed by atoms with Gasteiger partial charge < -0.3 is 10.2 Å². The molecule has 3 atom stereocenters. The molecule has 1 aromatic heterocycles. The molecule has 0 radical (unpaired) electrons. The van der Waals surface area contributed by atoms with Crippen molar-refractivity contribution in [3.8, 4) is 34.7 Å². The Morgan fingerprint density at radius 1 is 1.14 bits per heavy atom. The molecule has 3 N–H and O–H groups in total. The smallest absolute Gasteiger partial charge is 0.477 e. The second kappa shape index (κ2) is 8.98. The number of rotatable bonds is 7. The number of aliphatic carboxylic acids is 1. The summed E-state index contributed by atoms with van der Waals surface area (Å²) < 4.78 is 26.3. The predicted molar refractivity (Wildman–Crippen MR) is 130 cm³/mol. The quantitative estimate of drug-likeness (QED) is 0.311. The molecule has 3 aromatic rings. The zero-order valence-corrected chi connectivity index (χ0v) is 20.1. The molecular formula is C27H24FNO5P+. The van der Waals surface area contributed by atoms with Gasteiger partial charge >= 0.3 is 19.2 Å². The van der Waals surface area contributed by atoms with Crippen LogP contribution in [0.2, 0.25) is 0 Å². The number of carboxylic acid groups (broad SMARTS) is 1. The van der Waals surface area contributed by atoms with Crippen LogP contribution in [-0.2, 0) is 15.0 Å². The number of benzene rings is 2. The van der Waals surface area contributed by atoms with Gasteiger partial charge in [0.2, 0.25) is 0 Å². The first-order valence-electron chi connectivity index (χ1n) is 11.0. The maximum absolute atomic E-state index is 13.8. The lowest BCUT2D eigenvalue weighted by molar-refractivity contribution is -0.145. The molecule has 0 amide bonds. The van der Waals surface area contributed by atoms with Crippen molar-refractivity contribution in [2.45, 2.75) is 43.4 Å². The highest BCUT2D eigenvalue weighted by molar-refractivity contribution is 7.42. The van der Waals surface area contributed by atoms with E-state index in [1.807, 2.05) is 36.3 Å². The van der Waals surface area contributed by atoms with Crippen molar-refractivity contribution in [3.05, 3.63) is 77.2 Å². The number of terminal acetylenes is 1. The summed E-state index contributed by atoms with van der Waals surface area (Å²) in [6.07, 6.45) is 7.03. The molecule has 0 aliphatic heterocycles. The van der Waals surface area contributed by atoms with E-state index < -0.39 is 30.6 Å². The Kier molecular flexibility index (Phi) is 6.33. The Balaban J connectivity index is 2.17. The first-order chi connectivity index (χ1) is 16.6. The normalized spacial score (nSPS) is 17.1. The predicted octanol–water partition coefficient (Wildman–Crippen LogP) is 5.14. The van der Waals surface area contributed by atoms with Gasteiger partial charge in [0.1, 0.15) is 5.82 Å². The molecule has 0 bridgehead atoms. The third-order valence-electron chi connectivity index (χ3n) is 6.61. The van der Waals surface area contributed by atoms with Crippen molar-refractivity contribution >= 4 is 14.0 Å². The maximum atomic E-state index is 13.8. The molecular weight excluding hydrogens is 468 g/mol. The second-order valence-electron chi connectivity index (χ2n) is 8.87. The minimum Gasteiger partial charge on any atom is -0.477 e. The third kappa shape index (κ3) is 3.94. The van der Waals surface area contributed by atoms with E-state index >= 15 is 0 Å². The summed E-state index contributed by atoms with van der Waals surface area (Å²) >= 11 is 0. The fourth-order valence-electron chi connectivity index (χ4n) is 4.61. The largest absolute Gasteiger partial charge is 0.541 e. The van der Waals surface area contributed by atoms with Crippen LogP contribution in [0.4, 0.5) is 4.39 Å². The van der Waals surface area contributed by atoms with Gasteiger partial charge in [-0.25, -0.2) is 9.18 Å². The number of halogens is 1. The lowest BCUT2D eigenvalue weighted by Crippen LogP contribution is -2.53. The molecule has 2 aromatic carbocycles. The molecule has 0 saturated heterocycles. The molecule has 3 unspecified atom stereocenters. The number of hydrogen-bond donors (Lipinski definition) is 3. The van der Waals surface area contributed by atoms with Crippen molar-refractivity contribution in [1.82, 2.24) is 4.98 Å². The summed E-state index contributed by atoms with van der Waals surface area (Å²) in [6, 6.07) is 14.9. The second-order valence-corrected chi connectivity index (χ2v) is 10.1. The van der Waals surface area contributed by atoms with E-state index in [-0.39, 0.29) is 11.5 Å². The lowest BCUT2D eigenvalue weighted by atomic mass is 9.75. The highest BCUT2D eigenvalue weighted by Gasteiger charge is 2.70. The van der Waals surface area contributed by atoms with Crippen molar-refractivity contribution in [2.75, 3.05) is 0 Å². The minimum atomic E-state index is -3.58. The van der Waals surface area contributed by atoms with Crippen LogP contribution in [0.3, 0.4) is 0 Å². The molecule has 1 fully saturated rings. The first-order valence-corrected chi connectivity index (χ1v) is 12.2. The lowest BCUT2D eigenvalue weighted by Gasteiger charge is -2.34. The van der Waals surface area contributed by atoms with Gasteiger partial charge in [0.05, 0.1) is 11.4 Å². The number of pyridine rings is 1. The monoisotopic (exact) mass is 492 g/mol. The Bertz CT molecular complexity index is 1350. The molecule has 35 heavy (non-hydrogen) atoms. The molecule has 8 heteroatoms. The van der Waals surface area contributed by atoms with Crippen molar-refractivity contribution < 1.29 is 28.9 Å². The van der Waals surface area contributed by atoms with Gasteiger partial charge in [-0.1, -0.05) is 42.5 Å². The molecule has 1 heterocycles. The number of carbonyl (C=O) groups is 1. The Hall–Kier alpha value is -3.43. The van der Waals surface area contributed by atoms with Crippen LogP contribution >= 0.6 is 8.03 Å². The fraction of sp³-hybridized carbons (Fsp3) is 0.259. The molecule has 0 spiro atoms. The zero-order chi connectivity index (χ0) is 25.5. The van der Waals surface area contributed by atoms with Gasteiger partial charge in [0.25, 0.3) is 0 Å². The van der Waals surface area contributed by atoms with E-state index in [4.69, 9.17) is 11.4 Å². The van der Waals surface area contributed by atoms with E-state index in [1.54, 1.807) is 6.92 Å². The first kappa shape index (κ1) is 24.7. The van der Waals surface area contributed by atoms with Crippen molar-refractivity contribution in [3.63, 3.8) is 0 Å². The van der Waals surface area contributed by atoms with Crippen LogP contribution < -0.4 is 0 Å². The zero-order valence-electron chi connectivity index (χ0n) is 19.2. The highest BCUT2D eigenvalue weighted by Crippen LogP contribution is 2.55. The van der Waals surface area contributed by atoms with Gasteiger partial charge in [0.15, 0.2) is 5.60 Å². The summed E-state index contributed by atoms with van der Waals surface area (Å²) in [4.78, 5) is 27.4. The topological polar surface area (TPSA) is 108 Å². The van der Waals surface area contributed by atoms with Crippen LogP contribution in [0, 0.1) is 25.1 Å². The van der Waals surface area contributed by atoms with E-state index in [0.717, 1.165) is 25.3 Å². The van der Waals surface area contributed by atoms with Crippen LogP contribution in [0.15, 0.2) is 54.6 Å². The Morgan fingerprint density at radius 2 is 1.74 bits per heavy atom. The van der Waals surface area contributed by atoms with Crippen molar-refractivity contribution in [2.24, 2.45) is 0 Å². The Morgan fingerprint density at radius 3 is 2.23 bits per heavy atom. The number of hydrogen-bond acceptors (Lipinski definition) is 4. The highest BCUT2D eigenvalue weighted by atomic mass is 31.1. The summed E-state index contributed by atoms with van der Waals surface area (Å²) in [5.74, 6) is -0.447. The standard InChI is InChI=1S/C27H23FNO5P/c1-4-27(25(30)31,35(33)34)26(3,32)22-21(17-12-14-20(28)15-13-17)16(2)23(18-8-6-5-7-9-18)29-24(22)19-10-11-19/h1,5-9,12-15,19,32H,10-11H2,2-3H3,(H-,30,31,33,34)/p+1.